The number of pyridine rings is 1. The molecular formula is C13H12N4O2S. The number of likely N-dealkylation sites (N-methyl/N-ethyl adjacent to an activating group) is 1. The lowest BCUT2D eigenvalue weighted by Crippen LogP contribution is -2.29. The fourth-order valence-electron chi connectivity index (χ4n) is 2.01. The summed E-state index contributed by atoms with van der Waals surface area (Å²) in [4.78, 5) is 34.7. The van der Waals surface area contributed by atoms with E-state index >= 15 is 0 Å². The number of carbonyl (C=O) groups is 2. The highest BCUT2D eigenvalue weighted by atomic mass is 32.1. The van der Waals surface area contributed by atoms with Gasteiger partial charge in [-0.1, -0.05) is 11.3 Å². The molecule has 1 fully saturated rings. The second-order valence-corrected chi connectivity index (χ2v) is 5.45. The molecule has 0 atom stereocenters. The smallest absolute Gasteiger partial charge is 0.274 e. The number of imide groups is 1. The van der Waals surface area contributed by atoms with E-state index in [1.165, 1.54) is 23.3 Å². The van der Waals surface area contributed by atoms with Gasteiger partial charge >= 0.3 is 6.03 Å². The Labute approximate surface area is 119 Å². The van der Waals surface area contributed by atoms with Crippen LogP contribution >= 0.6 is 11.3 Å². The summed E-state index contributed by atoms with van der Waals surface area (Å²) in [6, 6.07) is 3.45. The summed E-state index contributed by atoms with van der Waals surface area (Å²) >= 11 is 1.39. The van der Waals surface area contributed by atoms with Crippen LogP contribution in [0.25, 0.3) is 10.6 Å². The Kier molecular flexibility index (Phi) is 2.98. The van der Waals surface area contributed by atoms with Crippen molar-refractivity contribution in [1.29, 1.82) is 0 Å². The highest BCUT2D eigenvalue weighted by Gasteiger charge is 2.36. The molecule has 102 valence electrons. The van der Waals surface area contributed by atoms with Crippen molar-refractivity contribution in [2.75, 3.05) is 18.5 Å². The van der Waals surface area contributed by atoms with E-state index in [4.69, 9.17) is 0 Å². The molecule has 0 unspecified atom stereocenters. The number of rotatable bonds is 2. The first-order valence-corrected chi connectivity index (χ1v) is 6.85. The summed E-state index contributed by atoms with van der Waals surface area (Å²) in [6.07, 6.45) is 3.42. The Hall–Kier alpha value is -2.28. The second-order valence-electron chi connectivity index (χ2n) is 4.47. The molecule has 2 aromatic heterocycles. The van der Waals surface area contributed by atoms with Crippen LogP contribution in [0.2, 0.25) is 0 Å². The molecule has 0 saturated carbocycles. The zero-order valence-electron chi connectivity index (χ0n) is 11.0. The van der Waals surface area contributed by atoms with Gasteiger partial charge in [0.1, 0.15) is 16.6 Å². The van der Waals surface area contributed by atoms with Crippen LogP contribution in [-0.4, -0.2) is 40.4 Å². The van der Waals surface area contributed by atoms with Gasteiger partial charge in [-0.15, -0.1) is 0 Å². The number of aryl methyl sites for hydroxylation is 1. The van der Waals surface area contributed by atoms with Crippen LogP contribution in [0.4, 0.5) is 9.80 Å². The SMILES string of the molecule is Cc1nc(-c2cccnc2)sc1N1CC(=O)N(C)C1=O. The molecule has 2 aromatic rings. The summed E-state index contributed by atoms with van der Waals surface area (Å²) in [5, 5.41) is 1.51. The summed E-state index contributed by atoms with van der Waals surface area (Å²) < 4.78 is 0. The van der Waals surface area contributed by atoms with Crippen molar-refractivity contribution in [3.05, 3.63) is 30.2 Å². The quantitative estimate of drug-likeness (QED) is 0.792. The number of amides is 3. The normalized spacial score (nSPS) is 15.3. The molecule has 3 amide bonds. The van der Waals surface area contributed by atoms with Crippen molar-refractivity contribution in [2.45, 2.75) is 6.92 Å². The third kappa shape index (κ3) is 1.96. The predicted molar refractivity (Wildman–Crippen MR) is 75.6 cm³/mol. The Morgan fingerprint density at radius 2 is 2.15 bits per heavy atom. The fourth-order valence-corrected chi connectivity index (χ4v) is 3.06. The molecule has 20 heavy (non-hydrogen) atoms. The van der Waals surface area contributed by atoms with E-state index < -0.39 is 0 Å². The molecule has 6 nitrogen and oxygen atoms in total. The molecule has 7 heteroatoms. The van der Waals surface area contributed by atoms with Crippen molar-refractivity contribution in [3.63, 3.8) is 0 Å². The molecule has 0 aromatic carbocycles. The maximum atomic E-state index is 12.0. The molecule has 1 aliphatic heterocycles. The molecule has 0 bridgehead atoms. The van der Waals surface area contributed by atoms with Crippen LogP contribution < -0.4 is 4.90 Å². The average molecular weight is 288 g/mol. The van der Waals surface area contributed by atoms with Crippen LogP contribution in [0, 0.1) is 6.92 Å². The summed E-state index contributed by atoms with van der Waals surface area (Å²) in [5.41, 5.74) is 1.64. The first-order chi connectivity index (χ1) is 9.58. The zero-order chi connectivity index (χ0) is 14.3. The van der Waals surface area contributed by atoms with Gasteiger partial charge in [0.25, 0.3) is 5.91 Å². The number of aromatic nitrogens is 2. The second kappa shape index (κ2) is 4.68. The van der Waals surface area contributed by atoms with E-state index in [0.29, 0.717) is 5.00 Å². The van der Waals surface area contributed by atoms with Crippen molar-refractivity contribution in [2.24, 2.45) is 0 Å². The summed E-state index contributed by atoms with van der Waals surface area (Å²) in [5.74, 6) is -0.203. The van der Waals surface area contributed by atoms with Crippen molar-refractivity contribution >= 4 is 28.3 Å². The van der Waals surface area contributed by atoms with Crippen molar-refractivity contribution in [3.8, 4) is 10.6 Å². The highest BCUT2D eigenvalue weighted by molar-refractivity contribution is 7.19. The lowest BCUT2D eigenvalue weighted by Gasteiger charge is -2.12. The Balaban J connectivity index is 1.99. The molecule has 3 heterocycles. The lowest BCUT2D eigenvalue weighted by atomic mass is 10.3. The molecule has 1 saturated heterocycles. The van der Waals surface area contributed by atoms with Gasteiger partial charge in [-0.25, -0.2) is 9.78 Å². The molecule has 0 N–H and O–H groups in total. The van der Waals surface area contributed by atoms with Crippen molar-refractivity contribution in [1.82, 2.24) is 14.9 Å². The fraction of sp³-hybridized carbons (Fsp3) is 0.231. The largest absolute Gasteiger partial charge is 0.332 e. The van der Waals surface area contributed by atoms with E-state index in [1.54, 1.807) is 12.4 Å². The number of carbonyl (C=O) groups excluding carboxylic acids is 2. The zero-order valence-corrected chi connectivity index (χ0v) is 11.8. The predicted octanol–water partition coefficient (Wildman–Crippen LogP) is 1.91. The van der Waals surface area contributed by atoms with Crippen LogP contribution in [-0.2, 0) is 4.79 Å². The molecule has 0 spiro atoms. The first kappa shape index (κ1) is 12.7. The minimum absolute atomic E-state index is 0.0743. The standard InChI is InChI=1S/C13H12N4O2S/c1-8-12(17-7-10(18)16(2)13(17)19)20-11(15-8)9-4-3-5-14-6-9/h3-6H,7H2,1-2H3. The Bertz CT molecular complexity index is 683. The van der Waals surface area contributed by atoms with Gasteiger partial charge in [0.2, 0.25) is 0 Å². The third-order valence-electron chi connectivity index (χ3n) is 3.11. The minimum atomic E-state index is -0.306. The van der Waals surface area contributed by atoms with Crippen LogP contribution in [0.5, 0.6) is 0 Å². The number of thiazole rings is 1. The maximum absolute atomic E-state index is 12.0. The van der Waals surface area contributed by atoms with Gasteiger partial charge in [0.15, 0.2) is 0 Å². The third-order valence-corrected chi connectivity index (χ3v) is 4.34. The molecule has 1 aliphatic rings. The lowest BCUT2D eigenvalue weighted by molar-refractivity contribution is -0.123. The number of hydrogen-bond acceptors (Lipinski definition) is 5. The average Bonchev–Trinajstić information content (AvgIpc) is 2.96. The maximum Gasteiger partial charge on any atom is 0.332 e. The summed E-state index contributed by atoms with van der Waals surface area (Å²) in [7, 11) is 1.49. The molecule has 0 aliphatic carbocycles. The van der Waals surface area contributed by atoms with E-state index in [0.717, 1.165) is 21.2 Å². The Morgan fingerprint density at radius 1 is 1.35 bits per heavy atom. The van der Waals surface area contributed by atoms with E-state index in [-0.39, 0.29) is 18.5 Å². The van der Waals surface area contributed by atoms with Gasteiger partial charge in [-0.2, -0.15) is 0 Å². The number of hydrogen-bond donors (Lipinski definition) is 0. The van der Waals surface area contributed by atoms with Crippen molar-refractivity contribution < 1.29 is 9.59 Å². The Morgan fingerprint density at radius 3 is 2.75 bits per heavy atom. The van der Waals surface area contributed by atoms with Gasteiger partial charge < -0.3 is 0 Å². The van der Waals surface area contributed by atoms with E-state index in [1.807, 2.05) is 19.1 Å². The molecule has 0 radical (unpaired) electrons. The van der Waals surface area contributed by atoms with Gasteiger partial charge in [0, 0.05) is 25.0 Å². The topological polar surface area (TPSA) is 66.4 Å². The summed E-state index contributed by atoms with van der Waals surface area (Å²) in [6.45, 7) is 1.91. The van der Waals surface area contributed by atoms with Crippen LogP contribution in [0.15, 0.2) is 24.5 Å². The number of anilines is 1. The number of nitrogens with zero attached hydrogens (tertiary/aromatic N) is 4. The molecule has 3 rings (SSSR count). The van der Waals surface area contributed by atoms with Crippen LogP contribution in [0.3, 0.4) is 0 Å². The monoisotopic (exact) mass is 288 g/mol. The van der Waals surface area contributed by atoms with Crippen LogP contribution in [0.1, 0.15) is 5.69 Å². The van der Waals surface area contributed by atoms with E-state index in [9.17, 15) is 9.59 Å². The van der Waals surface area contributed by atoms with Gasteiger partial charge in [-0.05, 0) is 19.1 Å². The first-order valence-electron chi connectivity index (χ1n) is 6.04. The highest BCUT2D eigenvalue weighted by Crippen LogP contribution is 2.35. The van der Waals surface area contributed by atoms with Gasteiger partial charge in [0.05, 0.1) is 5.69 Å². The van der Waals surface area contributed by atoms with Gasteiger partial charge in [-0.3, -0.25) is 19.6 Å². The minimum Gasteiger partial charge on any atom is -0.274 e. The van der Waals surface area contributed by atoms with E-state index in [2.05, 4.69) is 9.97 Å². The molecular weight excluding hydrogens is 276 g/mol. The number of urea groups is 1.